The van der Waals surface area contributed by atoms with Crippen molar-refractivity contribution in [1.82, 2.24) is 0 Å². The number of carbonyl (C=O) groups is 1. The molecule has 0 bridgehead atoms. The third-order valence-corrected chi connectivity index (χ3v) is 1.79. The number of nitrogens with one attached hydrogen (secondary N) is 1. The van der Waals surface area contributed by atoms with Crippen LogP contribution in [0.4, 0.5) is 0 Å². The van der Waals surface area contributed by atoms with Gasteiger partial charge in [0.15, 0.2) is 0 Å². The maximum atomic E-state index is 11.0. The van der Waals surface area contributed by atoms with Crippen molar-refractivity contribution in [3.63, 3.8) is 0 Å². The predicted octanol–water partition coefficient (Wildman–Crippen LogP) is 0.885. The van der Waals surface area contributed by atoms with Gasteiger partial charge < -0.3 is 10.5 Å². The average Bonchev–Trinajstić information content (AvgIpc) is 2.27. The molecule has 0 fully saturated rings. The topological polar surface area (TPSA) is 76.2 Å². The molecule has 1 aromatic carbocycles. The van der Waals surface area contributed by atoms with Gasteiger partial charge in [-0.15, -0.1) is 0 Å². The van der Waals surface area contributed by atoms with Crippen molar-refractivity contribution < 1.29 is 9.53 Å². The van der Waals surface area contributed by atoms with E-state index in [2.05, 4.69) is 16.6 Å². The number of esters is 1. The lowest BCUT2D eigenvalue weighted by molar-refractivity contribution is -0.136. The molecular weight excluding hydrogens is 204 g/mol. The van der Waals surface area contributed by atoms with E-state index in [-0.39, 0.29) is 5.84 Å². The van der Waals surface area contributed by atoms with Crippen molar-refractivity contribution in [3.8, 4) is 11.8 Å². The zero-order valence-corrected chi connectivity index (χ0v) is 8.91. The molecule has 0 saturated heterocycles. The smallest absolute Gasteiger partial charge is 0.384 e. The van der Waals surface area contributed by atoms with E-state index in [1.807, 2.05) is 0 Å². The van der Waals surface area contributed by atoms with Crippen molar-refractivity contribution in [2.75, 3.05) is 6.61 Å². The fourth-order valence-corrected chi connectivity index (χ4v) is 1.11. The van der Waals surface area contributed by atoms with E-state index in [9.17, 15) is 4.79 Å². The van der Waals surface area contributed by atoms with Crippen LogP contribution in [0.2, 0.25) is 0 Å². The molecule has 4 heteroatoms. The number of rotatable bonds is 2. The second-order valence-corrected chi connectivity index (χ2v) is 2.93. The lowest BCUT2D eigenvalue weighted by Gasteiger charge is -2.00. The second kappa shape index (κ2) is 5.56. The van der Waals surface area contributed by atoms with Gasteiger partial charge >= 0.3 is 5.97 Å². The summed E-state index contributed by atoms with van der Waals surface area (Å²) in [6.45, 7) is 2.00. The summed E-state index contributed by atoms with van der Waals surface area (Å²) < 4.78 is 4.67. The molecule has 0 heterocycles. The molecule has 0 atom stereocenters. The van der Waals surface area contributed by atoms with Gasteiger partial charge in [0.05, 0.1) is 6.61 Å². The maximum absolute atomic E-state index is 11.0. The molecule has 16 heavy (non-hydrogen) atoms. The monoisotopic (exact) mass is 216 g/mol. The van der Waals surface area contributed by atoms with E-state index < -0.39 is 5.97 Å². The third-order valence-electron chi connectivity index (χ3n) is 1.79. The van der Waals surface area contributed by atoms with Gasteiger partial charge in [-0.2, -0.15) is 0 Å². The summed E-state index contributed by atoms with van der Waals surface area (Å²) in [5, 5.41) is 7.34. The van der Waals surface area contributed by atoms with Crippen LogP contribution in [-0.4, -0.2) is 18.4 Å². The van der Waals surface area contributed by atoms with Gasteiger partial charge in [-0.3, -0.25) is 5.41 Å². The third kappa shape index (κ3) is 3.14. The number of hydrogen-bond acceptors (Lipinski definition) is 3. The highest BCUT2D eigenvalue weighted by Crippen LogP contribution is 2.05. The highest BCUT2D eigenvalue weighted by Gasteiger charge is 2.01. The first-order valence-corrected chi connectivity index (χ1v) is 4.77. The van der Waals surface area contributed by atoms with Crippen LogP contribution in [0.25, 0.3) is 0 Å². The summed E-state index contributed by atoms with van der Waals surface area (Å²) in [5.41, 5.74) is 6.44. The summed E-state index contributed by atoms with van der Waals surface area (Å²) in [4.78, 5) is 11.0. The molecule has 0 aromatic heterocycles. The molecule has 0 aliphatic carbocycles. The van der Waals surface area contributed by atoms with Crippen LogP contribution in [0.15, 0.2) is 24.3 Å². The van der Waals surface area contributed by atoms with Crippen LogP contribution in [0.3, 0.4) is 0 Å². The van der Waals surface area contributed by atoms with Gasteiger partial charge in [0, 0.05) is 17.0 Å². The van der Waals surface area contributed by atoms with Gasteiger partial charge in [-0.25, -0.2) is 4.79 Å². The van der Waals surface area contributed by atoms with Crippen LogP contribution >= 0.6 is 0 Å². The number of nitrogen functional groups attached to an aromatic ring is 1. The van der Waals surface area contributed by atoms with Crippen molar-refractivity contribution >= 4 is 11.8 Å². The Kier molecular flexibility index (Phi) is 4.10. The van der Waals surface area contributed by atoms with Crippen LogP contribution in [-0.2, 0) is 9.53 Å². The van der Waals surface area contributed by atoms with Gasteiger partial charge in [0.25, 0.3) is 0 Å². The zero-order valence-electron chi connectivity index (χ0n) is 8.91. The first-order valence-electron chi connectivity index (χ1n) is 4.77. The Morgan fingerprint density at radius 1 is 1.50 bits per heavy atom. The van der Waals surface area contributed by atoms with Gasteiger partial charge in [0.2, 0.25) is 0 Å². The fraction of sp³-hybridized carbons (Fsp3) is 0.167. The van der Waals surface area contributed by atoms with Crippen LogP contribution < -0.4 is 5.73 Å². The Morgan fingerprint density at radius 2 is 2.19 bits per heavy atom. The Hall–Kier alpha value is -2.28. The molecule has 0 spiro atoms. The first-order chi connectivity index (χ1) is 7.65. The quantitative estimate of drug-likeness (QED) is 0.333. The Morgan fingerprint density at radius 3 is 2.81 bits per heavy atom. The highest BCUT2D eigenvalue weighted by molar-refractivity contribution is 5.98. The molecule has 0 unspecified atom stereocenters. The zero-order chi connectivity index (χ0) is 12.0. The standard InChI is InChI=1S/C12H12N2O2/c1-2-16-11(15)8-7-9-5-3-4-6-10(9)12(13)14/h3-6H,2H2,1H3,(H3,13,14). The van der Waals surface area contributed by atoms with E-state index in [1.165, 1.54) is 0 Å². The van der Waals surface area contributed by atoms with Crippen molar-refractivity contribution in [1.29, 1.82) is 5.41 Å². The highest BCUT2D eigenvalue weighted by atomic mass is 16.5. The lowest BCUT2D eigenvalue weighted by atomic mass is 10.1. The largest absolute Gasteiger partial charge is 0.456 e. The Labute approximate surface area is 93.9 Å². The average molecular weight is 216 g/mol. The second-order valence-electron chi connectivity index (χ2n) is 2.93. The summed E-state index contributed by atoms with van der Waals surface area (Å²) in [5.74, 6) is 4.31. The van der Waals surface area contributed by atoms with Crippen LogP contribution in [0.1, 0.15) is 18.1 Å². The fourth-order valence-electron chi connectivity index (χ4n) is 1.11. The summed E-state index contributed by atoms with van der Waals surface area (Å²) in [6, 6.07) is 6.90. The minimum atomic E-state index is -0.583. The van der Waals surface area contributed by atoms with Crippen molar-refractivity contribution in [2.24, 2.45) is 5.73 Å². The van der Waals surface area contributed by atoms with Gasteiger partial charge in [-0.1, -0.05) is 24.1 Å². The summed E-state index contributed by atoms with van der Waals surface area (Å²) >= 11 is 0. The minimum absolute atomic E-state index is 0.0752. The molecule has 0 aliphatic heterocycles. The molecule has 1 rings (SSSR count). The van der Waals surface area contributed by atoms with Crippen molar-refractivity contribution in [2.45, 2.75) is 6.92 Å². The van der Waals surface area contributed by atoms with E-state index in [0.717, 1.165) is 0 Å². The maximum Gasteiger partial charge on any atom is 0.384 e. The molecule has 82 valence electrons. The molecule has 0 radical (unpaired) electrons. The molecule has 3 N–H and O–H groups in total. The minimum Gasteiger partial charge on any atom is -0.456 e. The molecule has 1 aromatic rings. The van der Waals surface area contributed by atoms with E-state index in [4.69, 9.17) is 11.1 Å². The number of benzene rings is 1. The first kappa shape index (κ1) is 11.8. The van der Waals surface area contributed by atoms with E-state index in [1.54, 1.807) is 31.2 Å². The molecule has 0 amide bonds. The van der Waals surface area contributed by atoms with Gasteiger partial charge in [0.1, 0.15) is 5.84 Å². The SMILES string of the molecule is CCOC(=O)C#Cc1ccccc1C(=N)N. The number of ether oxygens (including phenoxy) is 1. The van der Waals surface area contributed by atoms with Crippen LogP contribution in [0, 0.1) is 17.3 Å². The Bertz CT molecular complexity index is 469. The number of carbonyl (C=O) groups excluding carboxylic acids is 1. The molecule has 4 nitrogen and oxygen atoms in total. The lowest BCUT2D eigenvalue weighted by Crippen LogP contribution is -2.12. The molecule has 0 aliphatic rings. The Balaban J connectivity index is 2.96. The molecule has 0 saturated carbocycles. The number of hydrogen-bond donors (Lipinski definition) is 2. The van der Waals surface area contributed by atoms with Gasteiger partial charge in [-0.05, 0) is 13.0 Å². The number of amidine groups is 1. The van der Waals surface area contributed by atoms with Crippen molar-refractivity contribution in [3.05, 3.63) is 35.4 Å². The van der Waals surface area contributed by atoms with E-state index >= 15 is 0 Å². The predicted molar refractivity (Wildman–Crippen MR) is 61.0 cm³/mol. The van der Waals surface area contributed by atoms with E-state index in [0.29, 0.717) is 17.7 Å². The van der Waals surface area contributed by atoms with Crippen LogP contribution in [0.5, 0.6) is 0 Å². The summed E-state index contributed by atoms with van der Waals surface area (Å²) in [7, 11) is 0. The normalized spacial score (nSPS) is 8.81. The number of nitrogens with two attached hydrogens (primary N) is 1. The summed E-state index contributed by atoms with van der Waals surface area (Å²) in [6.07, 6.45) is 0. The molecular formula is C12H12N2O2.